The highest BCUT2D eigenvalue weighted by atomic mass is 14.8. The van der Waals surface area contributed by atoms with E-state index in [0.717, 1.165) is 11.3 Å². The first-order valence-electron chi connectivity index (χ1n) is 3.02. The van der Waals surface area contributed by atoms with Gasteiger partial charge in [-0.05, 0) is 32.9 Å². The smallest absolute Gasteiger partial charge is 0.0830 e. The monoisotopic (exact) mass is 136 g/mol. The Kier molecular flexibility index (Phi) is 4.12. The Hall–Kier alpha value is -1.18. The molecule has 0 aromatic carbocycles. The topological polar surface area (TPSA) is 24.7 Å². The van der Waals surface area contributed by atoms with Crippen molar-refractivity contribution in [2.24, 2.45) is 9.98 Å². The average Bonchev–Trinajstić information content (AvgIpc) is 1.99. The van der Waals surface area contributed by atoms with E-state index in [9.17, 15) is 0 Å². The summed E-state index contributed by atoms with van der Waals surface area (Å²) in [6.07, 6.45) is 3.54. The van der Waals surface area contributed by atoms with E-state index in [-0.39, 0.29) is 0 Å². The number of allylic oxidation sites excluding steroid dienone is 2. The Bertz CT molecular complexity index is 187. The molecule has 0 aliphatic rings. The minimum absolute atomic E-state index is 0.775. The van der Waals surface area contributed by atoms with E-state index in [1.807, 2.05) is 19.9 Å². The van der Waals surface area contributed by atoms with Gasteiger partial charge in [0.25, 0.3) is 0 Å². The van der Waals surface area contributed by atoms with Crippen LogP contribution in [0.4, 0.5) is 0 Å². The highest BCUT2D eigenvalue weighted by Gasteiger charge is 1.91. The third-order valence-corrected chi connectivity index (χ3v) is 1.22. The molecule has 2 heteroatoms. The number of nitrogens with zero attached hydrogens (tertiary/aromatic N) is 2. The molecule has 0 N–H and O–H groups in total. The van der Waals surface area contributed by atoms with Crippen molar-refractivity contribution in [2.45, 2.75) is 13.8 Å². The Morgan fingerprint density at radius 3 is 2.30 bits per heavy atom. The minimum Gasteiger partial charge on any atom is -0.270 e. The van der Waals surface area contributed by atoms with Gasteiger partial charge in [0.05, 0.1) is 11.9 Å². The van der Waals surface area contributed by atoms with Gasteiger partial charge in [0, 0.05) is 0 Å². The second-order valence-electron chi connectivity index (χ2n) is 1.83. The normalized spacial score (nSPS) is 13.0. The van der Waals surface area contributed by atoms with Crippen LogP contribution in [0.5, 0.6) is 0 Å². The molecule has 0 atom stereocenters. The average molecular weight is 136 g/mol. The molecule has 0 bridgehead atoms. The largest absolute Gasteiger partial charge is 0.270 e. The number of hydrogen-bond donors (Lipinski definition) is 0. The third-order valence-electron chi connectivity index (χ3n) is 1.22. The molecule has 0 aromatic heterocycles. The van der Waals surface area contributed by atoms with Crippen LogP contribution in [0.15, 0.2) is 33.5 Å². The van der Waals surface area contributed by atoms with Crippen LogP contribution < -0.4 is 0 Å². The van der Waals surface area contributed by atoms with Crippen molar-refractivity contribution < 1.29 is 0 Å². The van der Waals surface area contributed by atoms with Gasteiger partial charge in [-0.15, -0.1) is 0 Å². The van der Waals surface area contributed by atoms with E-state index >= 15 is 0 Å². The van der Waals surface area contributed by atoms with Crippen molar-refractivity contribution in [3.05, 3.63) is 23.5 Å². The fourth-order valence-electron chi connectivity index (χ4n) is 0.502. The zero-order valence-corrected chi connectivity index (χ0v) is 6.46. The molecule has 0 unspecified atom stereocenters. The van der Waals surface area contributed by atoms with E-state index in [1.54, 1.807) is 6.20 Å². The van der Waals surface area contributed by atoms with Gasteiger partial charge in [0.15, 0.2) is 0 Å². The Labute approximate surface area is 61.7 Å². The maximum absolute atomic E-state index is 3.76. The second-order valence-corrected chi connectivity index (χ2v) is 1.83. The second kappa shape index (κ2) is 4.68. The standard InChI is InChI=1S/C8H12N2/c1-5-7(2)8(10-4)6-9-3/h5-6H,3-4H2,1-2H3/b7-5+,8-6-. The lowest BCUT2D eigenvalue weighted by atomic mass is 10.2. The summed E-state index contributed by atoms with van der Waals surface area (Å²) in [5.74, 6) is 0. The predicted octanol–water partition coefficient (Wildman–Crippen LogP) is 2.20. The van der Waals surface area contributed by atoms with Gasteiger partial charge in [0.1, 0.15) is 0 Å². The lowest BCUT2D eigenvalue weighted by molar-refractivity contribution is 1.26. The molecule has 0 saturated heterocycles. The lowest BCUT2D eigenvalue weighted by Crippen LogP contribution is -1.78. The van der Waals surface area contributed by atoms with E-state index in [0.29, 0.717) is 0 Å². The van der Waals surface area contributed by atoms with Crippen molar-refractivity contribution in [3.8, 4) is 0 Å². The first kappa shape index (κ1) is 8.82. The summed E-state index contributed by atoms with van der Waals surface area (Å²) in [4.78, 5) is 7.35. The molecular formula is C8H12N2. The minimum atomic E-state index is 0.775. The fraction of sp³-hybridized carbons (Fsp3) is 0.250. The van der Waals surface area contributed by atoms with Crippen LogP contribution in [0.2, 0.25) is 0 Å². The molecule has 0 radical (unpaired) electrons. The SMILES string of the molecule is C=N/C=C(N=C)/C(C)=C/C. The molecule has 54 valence electrons. The third kappa shape index (κ3) is 2.40. The first-order valence-corrected chi connectivity index (χ1v) is 3.02. The summed E-state index contributed by atoms with van der Waals surface area (Å²) in [5, 5.41) is 0. The number of hydrogen-bond acceptors (Lipinski definition) is 2. The van der Waals surface area contributed by atoms with E-state index in [4.69, 9.17) is 0 Å². The first-order chi connectivity index (χ1) is 4.76. The van der Waals surface area contributed by atoms with Gasteiger partial charge >= 0.3 is 0 Å². The van der Waals surface area contributed by atoms with E-state index in [2.05, 4.69) is 23.4 Å². The van der Waals surface area contributed by atoms with Crippen molar-refractivity contribution in [1.29, 1.82) is 0 Å². The van der Waals surface area contributed by atoms with Gasteiger partial charge in [-0.2, -0.15) is 0 Å². The summed E-state index contributed by atoms with van der Waals surface area (Å²) in [5.41, 5.74) is 1.83. The number of rotatable bonds is 3. The van der Waals surface area contributed by atoms with Crippen LogP contribution >= 0.6 is 0 Å². The fourth-order valence-corrected chi connectivity index (χ4v) is 0.502. The van der Waals surface area contributed by atoms with Crippen LogP contribution in [0.25, 0.3) is 0 Å². The molecule has 0 aromatic rings. The zero-order chi connectivity index (χ0) is 7.98. The molecule has 0 spiro atoms. The van der Waals surface area contributed by atoms with Crippen molar-refractivity contribution in [1.82, 2.24) is 0 Å². The molecule has 0 rings (SSSR count). The van der Waals surface area contributed by atoms with Gasteiger partial charge < -0.3 is 0 Å². The molecule has 0 aliphatic carbocycles. The van der Waals surface area contributed by atoms with Gasteiger partial charge in [-0.3, -0.25) is 9.98 Å². The molecular weight excluding hydrogens is 124 g/mol. The highest BCUT2D eigenvalue weighted by molar-refractivity contribution is 5.38. The lowest BCUT2D eigenvalue weighted by Gasteiger charge is -1.96. The van der Waals surface area contributed by atoms with Crippen LogP contribution in [-0.2, 0) is 0 Å². The maximum Gasteiger partial charge on any atom is 0.0830 e. The van der Waals surface area contributed by atoms with Crippen LogP contribution in [0.3, 0.4) is 0 Å². The number of aliphatic imine (C=N–C) groups is 2. The van der Waals surface area contributed by atoms with E-state index < -0.39 is 0 Å². The van der Waals surface area contributed by atoms with Crippen molar-refractivity contribution in [3.63, 3.8) is 0 Å². The molecule has 10 heavy (non-hydrogen) atoms. The summed E-state index contributed by atoms with van der Waals surface area (Å²) in [6, 6.07) is 0. The van der Waals surface area contributed by atoms with Crippen LogP contribution in [-0.4, -0.2) is 13.4 Å². The van der Waals surface area contributed by atoms with Crippen molar-refractivity contribution in [2.75, 3.05) is 0 Å². The Morgan fingerprint density at radius 1 is 1.40 bits per heavy atom. The summed E-state index contributed by atoms with van der Waals surface area (Å²) < 4.78 is 0. The molecule has 0 aliphatic heterocycles. The summed E-state index contributed by atoms with van der Waals surface area (Å²) in [6.45, 7) is 10.6. The van der Waals surface area contributed by atoms with Crippen LogP contribution in [0.1, 0.15) is 13.8 Å². The Morgan fingerprint density at radius 2 is 2.00 bits per heavy atom. The maximum atomic E-state index is 3.76. The van der Waals surface area contributed by atoms with Gasteiger partial charge in [-0.25, -0.2) is 0 Å². The quantitative estimate of drug-likeness (QED) is 0.419. The molecule has 0 fully saturated rings. The Balaban J connectivity index is 4.51. The molecule has 0 heterocycles. The molecule has 2 nitrogen and oxygen atoms in total. The van der Waals surface area contributed by atoms with Gasteiger partial charge in [0.2, 0.25) is 0 Å². The van der Waals surface area contributed by atoms with E-state index in [1.165, 1.54) is 0 Å². The predicted molar refractivity (Wildman–Crippen MR) is 46.6 cm³/mol. The molecule has 0 amide bonds. The van der Waals surface area contributed by atoms with Crippen LogP contribution in [0, 0.1) is 0 Å². The summed E-state index contributed by atoms with van der Waals surface area (Å²) >= 11 is 0. The highest BCUT2D eigenvalue weighted by Crippen LogP contribution is 2.08. The van der Waals surface area contributed by atoms with Crippen molar-refractivity contribution >= 4 is 13.4 Å². The summed E-state index contributed by atoms with van der Waals surface area (Å²) in [7, 11) is 0. The molecule has 0 saturated carbocycles. The van der Waals surface area contributed by atoms with Gasteiger partial charge in [-0.1, -0.05) is 6.08 Å². The zero-order valence-electron chi connectivity index (χ0n) is 6.46.